The fourth-order valence-corrected chi connectivity index (χ4v) is 2.67. The Morgan fingerprint density at radius 1 is 0.933 bits per heavy atom. The van der Waals surface area contributed by atoms with Gasteiger partial charge in [-0.25, -0.2) is 4.79 Å². The maximum Gasteiger partial charge on any atom is 0.326 e. The first-order chi connectivity index (χ1) is 13.8. The van der Waals surface area contributed by atoms with Crippen molar-refractivity contribution in [2.24, 2.45) is 17.4 Å². The zero-order valence-electron chi connectivity index (χ0n) is 17.1. The van der Waals surface area contributed by atoms with Gasteiger partial charge >= 0.3 is 5.97 Å². The molecule has 5 unspecified atom stereocenters. The third-order valence-electron chi connectivity index (χ3n) is 3.96. The van der Waals surface area contributed by atoms with Crippen molar-refractivity contribution in [1.29, 1.82) is 0 Å². The largest absolute Gasteiger partial charge is 0.480 e. The first-order valence-electron chi connectivity index (χ1n) is 9.26. The van der Waals surface area contributed by atoms with E-state index in [-0.39, 0.29) is 11.7 Å². The Balaban J connectivity index is 5.17. The molecule has 0 aliphatic carbocycles. The van der Waals surface area contributed by atoms with Crippen molar-refractivity contribution in [1.82, 2.24) is 16.0 Å². The fourth-order valence-electron chi connectivity index (χ4n) is 2.41. The summed E-state index contributed by atoms with van der Waals surface area (Å²) in [6, 6.07) is -5.20. The van der Waals surface area contributed by atoms with Crippen molar-refractivity contribution in [2.75, 3.05) is 5.75 Å². The van der Waals surface area contributed by atoms with Gasteiger partial charge in [-0.15, -0.1) is 0 Å². The van der Waals surface area contributed by atoms with Gasteiger partial charge in [-0.1, -0.05) is 13.8 Å². The standard InChI is InChI=1S/C17H31N5O7S/c1-7(2)4-9(18)14(25)22-13(8(3)23)16(27)21-11(6-30)15(26)20-10(17(28)29)5-12(19)24/h7-11,13,23,30H,4-6,18H2,1-3H3,(H2,19,24)(H,20,26)(H,21,27)(H,22,25)(H,28,29). The number of aliphatic hydroxyl groups is 1. The van der Waals surface area contributed by atoms with Crippen LogP contribution in [-0.4, -0.2) is 75.8 Å². The van der Waals surface area contributed by atoms with Crippen LogP contribution >= 0.6 is 12.6 Å². The molecular formula is C17H31N5O7S. The number of rotatable bonds is 13. The van der Waals surface area contributed by atoms with Crippen LogP contribution in [0.25, 0.3) is 0 Å². The average molecular weight is 450 g/mol. The summed E-state index contributed by atoms with van der Waals surface area (Å²) in [4.78, 5) is 59.1. The Morgan fingerprint density at radius 3 is 1.87 bits per heavy atom. The first-order valence-corrected chi connectivity index (χ1v) is 9.90. The van der Waals surface area contributed by atoms with E-state index in [4.69, 9.17) is 16.6 Å². The number of hydrogen-bond acceptors (Lipinski definition) is 8. The molecule has 0 bridgehead atoms. The van der Waals surface area contributed by atoms with Crippen molar-refractivity contribution in [3.05, 3.63) is 0 Å². The molecule has 0 fully saturated rings. The van der Waals surface area contributed by atoms with Crippen LogP contribution in [0.4, 0.5) is 0 Å². The highest BCUT2D eigenvalue weighted by atomic mass is 32.1. The van der Waals surface area contributed by atoms with E-state index in [2.05, 4.69) is 28.6 Å². The summed E-state index contributed by atoms with van der Waals surface area (Å²) in [5.74, 6) is -5.00. The van der Waals surface area contributed by atoms with E-state index in [9.17, 15) is 29.1 Å². The van der Waals surface area contributed by atoms with Crippen molar-refractivity contribution in [3.8, 4) is 0 Å². The molecule has 0 radical (unpaired) electrons. The molecule has 30 heavy (non-hydrogen) atoms. The SMILES string of the molecule is CC(C)CC(N)C(=O)NC(C(=O)NC(CS)C(=O)NC(CC(N)=O)C(=O)O)C(C)O. The van der Waals surface area contributed by atoms with Gasteiger partial charge in [0.2, 0.25) is 23.6 Å². The average Bonchev–Trinajstić information content (AvgIpc) is 2.61. The predicted molar refractivity (Wildman–Crippen MR) is 110 cm³/mol. The van der Waals surface area contributed by atoms with Crippen molar-refractivity contribution < 1.29 is 34.2 Å². The van der Waals surface area contributed by atoms with Crippen LogP contribution in [0.3, 0.4) is 0 Å². The number of amides is 4. The topological polar surface area (TPSA) is 214 Å². The molecule has 0 spiro atoms. The number of nitrogens with two attached hydrogens (primary N) is 2. The van der Waals surface area contributed by atoms with E-state index in [1.807, 2.05) is 13.8 Å². The number of carbonyl (C=O) groups excluding carboxylic acids is 4. The summed E-state index contributed by atoms with van der Waals surface area (Å²) >= 11 is 3.95. The quantitative estimate of drug-likeness (QED) is 0.136. The minimum absolute atomic E-state index is 0.129. The highest BCUT2D eigenvalue weighted by molar-refractivity contribution is 7.80. The minimum Gasteiger partial charge on any atom is -0.480 e. The van der Waals surface area contributed by atoms with Crippen LogP contribution in [0.15, 0.2) is 0 Å². The number of hydrogen-bond donors (Lipinski definition) is 8. The molecule has 9 N–H and O–H groups in total. The molecule has 0 rings (SSSR count). The predicted octanol–water partition coefficient (Wildman–Crippen LogP) is -2.92. The van der Waals surface area contributed by atoms with Crippen molar-refractivity contribution in [3.63, 3.8) is 0 Å². The lowest BCUT2D eigenvalue weighted by Crippen LogP contribution is -2.60. The first kappa shape index (κ1) is 27.6. The second-order valence-electron chi connectivity index (χ2n) is 7.28. The maximum atomic E-state index is 12.5. The summed E-state index contributed by atoms with van der Waals surface area (Å²) in [7, 11) is 0. The molecule has 0 aromatic heterocycles. The Morgan fingerprint density at radius 2 is 1.47 bits per heavy atom. The molecular weight excluding hydrogens is 418 g/mol. The zero-order valence-corrected chi connectivity index (χ0v) is 18.0. The van der Waals surface area contributed by atoms with Crippen LogP contribution in [0.1, 0.15) is 33.6 Å². The van der Waals surface area contributed by atoms with Crippen LogP contribution in [0.5, 0.6) is 0 Å². The van der Waals surface area contributed by atoms with Gasteiger partial charge in [-0.3, -0.25) is 19.2 Å². The van der Waals surface area contributed by atoms with E-state index in [1.165, 1.54) is 6.92 Å². The molecule has 13 heteroatoms. The number of carbonyl (C=O) groups is 5. The molecule has 0 aliphatic heterocycles. The third-order valence-corrected chi connectivity index (χ3v) is 4.33. The van der Waals surface area contributed by atoms with Crippen LogP contribution in [-0.2, 0) is 24.0 Å². The monoisotopic (exact) mass is 449 g/mol. The molecule has 0 aliphatic rings. The smallest absolute Gasteiger partial charge is 0.326 e. The molecule has 0 aromatic rings. The highest BCUT2D eigenvalue weighted by Crippen LogP contribution is 2.04. The van der Waals surface area contributed by atoms with E-state index in [1.54, 1.807) is 0 Å². The summed E-state index contributed by atoms with van der Waals surface area (Å²) in [5.41, 5.74) is 10.7. The van der Waals surface area contributed by atoms with E-state index < -0.39 is 66.3 Å². The number of aliphatic carboxylic acids is 1. The van der Waals surface area contributed by atoms with Gasteiger partial charge in [0.15, 0.2) is 0 Å². The second kappa shape index (κ2) is 13.0. The Hall–Kier alpha value is -2.38. The lowest BCUT2D eigenvalue weighted by Gasteiger charge is -2.26. The van der Waals surface area contributed by atoms with Gasteiger partial charge in [0.1, 0.15) is 18.1 Å². The Kier molecular flexibility index (Phi) is 12.0. The highest BCUT2D eigenvalue weighted by Gasteiger charge is 2.32. The lowest BCUT2D eigenvalue weighted by atomic mass is 10.0. The van der Waals surface area contributed by atoms with Gasteiger partial charge in [-0.05, 0) is 19.3 Å². The minimum atomic E-state index is -1.59. The van der Waals surface area contributed by atoms with E-state index in [0.717, 1.165) is 0 Å². The maximum absolute atomic E-state index is 12.5. The van der Waals surface area contributed by atoms with Gasteiger partial charge in [0, 0.05) is 5.75 Å². The van der Waals surface area contributed by atoms with Gasteiger partial charge in [0.25, 0.3) is 0 Å². The zero-order chi connectivity index (χ0) is 23.6. The van der Waals surface area contributed by atoms with Crippen LogP contribution in [0.2, 0.25) is 0 Å². The third kappa shape index (κ3) is 9.89. The number of aliphatic hydroxyl groups excluding tert-OH is 1. The molecule has 0 saturated carbocycles. The summed E-state index contributed by atoms with van der Waals surface area (Å²) < 4.78 is 0. The molecule has 4 amide bonds. The van der Waals surface area contributed by atoms with Gasteiger partial charge in [0.05, 0.1) is 18.6 Å². The number of carboxylic acid groups (broad SMARTS) is 1. The second-order valence-corrected chi connectivity index (χ2v) is 7.64. The summed E-state index contributed by atoms with van der Waals surface area (Å²) in [6.07, 6.45) is -1.60. The molecule has 5 atom stereocenters. The molecule has 0 saturated heterocycles. The molecule has 0 heterocycles. The number of nitrogens with one attached hydrogen (secondary N) is 3. The summed E-state index contributed by atoms with van der Waals surface area (Å²) in [6.45, 7) is 5.00. The van der Waals surface area contributed by atoms with Gasteiger partial charge in [-0.2, -0.15) is 12.6 Å². The normalized spacial score (nSPS) is 16.0. The van der Waals surface area contributed by atoms with Crippen LogP contribution in [0, 0.1) is 5.92 Å². The lowest BCUT2D eigenvalue weighted by molar-refractivity contribution is -0.143. The Bertz CT molecular complexity index is 644. The Labute approximate surface area is 179 Å². The molecule has 12 nitrogen and oxygen atoms in total. The van der Waals surface area contributed by atoms with Gasteiger partial charge < -0.3 is 37.6 Å². The number of thiol groups is 1. The number of carboxylic acids is 1. The number of primary amides is 1. The van der Waals surface area contributed by atoms with E-state index >= 15 is 0 Å². The molecule has 0 aromatic carbocycles. The summed E-state index contributed by atoms with van der Waals surface area (Å²) in [5, 5.41) is 25.6. The fraction of sp³-hybridized carbons (Fsp3) is 0.706. The van der Waals surface area contributed by atoms with E-state index in [0.29, 0.717) is 6.42 Å². The van der Waals surface area contributed by atoms with Crippen LogP contribution < -0.4 is 27.4 Å². The van der Waals surface area contributed by atoms with Crippen molar-refractivity contribution >= 4 is 42.2 Å². The molecule has 172 valence electrons. The van der Waals surface area contributed by atoms with Crippen molar-refractivity contribution in [2.45, 2.75) is 63.9 Å².